The van der Waals surface area contributed by atoms with Crippen LogP contribution in [0.4, 0.5) is 0 Å². The van der Waals surface area contributed by atoms with Crippen LogP contribution in [0.1, 0.15) is 175 Å². The summed E-state index contributed by atoms with van der Waals surface area (Å²) in [6.45, 7) is 13.7. The van der Waals surface area contributed by atoms with E-state index in [1.165, 1.54) is 103 Å². The van der Waals surface area contributed by atoms with Gasteiger partial charge in [0.05, 0.1) is 35.6 Å². The van der Waals surface area contributed by atoms with Crippen LogP contribution in [0.5, 0.6) is 0 Å². The second-order valence-corrected chi connectivity index (χ2v) is 16.5. The summed E-state index contributed by atoms with van der Waals surface area (Å²) in [6.07, 6.45) is 27.6. The van der Waals surface area contributed by atoms with Gasteiger partial charge in [-0.1, -0.05) is 84.6 Å². The summed E-state index contributed by atoms with van der Waals surface area (Å²) >= 11 is 0. The molecule has 2 saturated heterocycles. The number of esters is 1. The molecular weight excluding hydrogens is 576 g/mol. The van der Waals surface area contributed by atoms with Crippen LogP contribution in [0.25, 0.3) is 0 Å². The van der Waals surface area contributed by atoms with E-state index in [4.69, 9.17) is 23.7 Å². The van der Waals surface area contributed by atoms with Crippen molar-refractivity contribution in [2.24, 2.45) is 5.92 Å². The van der Waals surface area contributed by atoms with Gasteiger partial charge in [0.15, 0.2) is 0 Å². The quantitative estimate of drug-likeness (QED) is 0.0592. The van der Waals surface area contributed by atoms with Crippen molar-refractivity contribution in [1.82, 2.24) is 0 Å². The molecule has 4 saturated carbocycles. The fourth-order valence-electron chi connectivity index (χ4n) is 10.1. The fourth-order valence-corrected chi connectivity index (χ4v) is 10.1. The third kappa shape index (κ3) is 9.18. The molecule has 4 bridgehead atoms. The minimum absolute atomic E-state index is 0.192. The highest BCUT2D eigenvalue weighted by Crippen LogP contribution is 2.63. The maximum Gasteiger partial charge on any atom is 0.333 e. The predicted molar refractivity (Wildman–Crippen MR) is 184 cm³/mol. The molecule has 46 heavy (non-hydrogen) atoms. The minimum Gasteiger partial charge on any atom is -0.455 e. The second-order valence-electron chi connectivity index (χ2n) is 16.5. The summed E-state index contributed by atoms with van der Waals surface area (Å²) in [4.78, 5) is 12.8. The first-order valence-corrected chi connectivity index (χ1v) is 19.6. The lowest BCUT2D eigenvalue weighted by molar-refractivity contribution is -0.283. The van der Waals surface area contributed by atoms with Crippen LogP contribution in [0, 0.1) is 5.92 Å². The molecule has 6 fully saturated rings. The molecule has 0 aromatic carbocycles. The third-order valence-electron chi connectivity index (χ3n) is 12.3. The summed E-state index contributed by atoms with van der Waals surface area (Å²) in [7, 11) is 0. The highest BCUT2D eigenvalue weighted by molar-refractivity contribution is 5.87. The van der Waals surface area contributed by atoms with E-state index < -0.39 is 5.60 Å². The summed E-state index contributed by atoms with van der Waals surface area (Å²) in [5.41, 5.74) is -0.105. The van der Waals surface area contributed by atoms with E-state index in [9.17, 15) is 4.79 Å². The number of unbranched alkanes of at least 4 members (excludes halogenated alkanes) is 8. The summed E-state index contributed by atoms with van der Waals surface area (Å²) in [5.74, 6) is 0.226. The van der Waals surface area contributed by atoms with Gasteiger partial charge >= 0.3 is 5.97 Å². The Hall–Kier alpha value is -0.950. The van der Waals surface area contributed by atoms with E-state index in [1.54, 1.807) is 6.92 Å². The number of carbonyl (C=O) groups is 1. The molecule has 264 valence electrons. The van der Waals surface area contributed by atoms with Crippen LogP contribution in [-0.4, -0.2) is 60.4 Å². The average Bonchev–Trinajstić information content (AvgIpc) is 2.96. The average molecular weight is 645 g/mol. The summed E-state index contributed by atoms with van der Waals surface area (Å²) in [6, 6.07) is 0. The van der Waals surface area contributed by atoms with Gasteiger partial charge in [0.2, 0.25) is 0 Å². The van der Waals surface area contributed by atoms with E-state index >= 15 is 0 Å². The lowest BCUT2D eigenvalue weighted by Gasteiger charge is -2.64. The van der Waals surface area contributed by atoms with E-state index in [0.29, 0.717) is 11.5 Å². The molecular formula is C40H68O6. The largest absolute Gasteiger partial charge is 0.455 e. The van der Waals surface area contributed by atoms with Gasteiger partial charge in [0.1, 0.15) is 5.60 Å². The molecule has 0 aromatic heterocycles. The lowest BCUT2D eigenvalue weighted by atomic mass is 9.50. The molecule has 0 N–H and O–H groups in total. The van der Waals surface area contributed by atoms with Gasteiger partial charge in [-0.3, -0.25) is 0 Å². The molecule has 0 aromatic rings. The number of rotatable bonds is 24. The van der Waals surface area contributed by atoms with Gasteiger partial charge in [-0.15, -0.1) is 0 Å². The Labute approximate surface area is 281 Å². The van der Waals surface area contributed by atoms with Crippen molar-refractivity contribution in [2.45, 2.75) is 203 Å². The molecule has 0 radical (unpaired) electrons. The van der Waals surface area contributed by atoms with Crippen molar-refractivity contribution >= 4 is 5.97 Å². The maximum absolute atomic E-state index is 12.8. The number of carbonyl (C=O) groups excluding carboxylic acids is 1. The fraction of sp³-hybridized carbons (Fsp3) is 0.925. The molecule has 2 aliphatic heterocycles. The molecule has 6 heteroatoms. The van der Waals surface area contributed by atoms with Crippen LogP contribution in [-0.2, 0) is 28.5 Å². The number of hydrogen-bond donors (Lipinski definition) is 0. The first-order valence-electron chi connectivity index (χ1n) is 19.6. The Morgan fingerprint density at radius 1 is 0.652 bits per heavy atom. The van der Waals surface area contributed by atoms with Crippen molar-refractivity contribution in [2.75, 3.05) is 26.4 Å². The zero-order chi connectivity index (χ0) is 32.6. The third-order valence-corrected chi connectivity index (χ3v) is 12.3. The van der Waals surface area contributed by atoms with E-state index in [1.807, 2.05) is 0 Å². The van der Waals surface area contributed by atoms with Crippen molar-refractivity contribution in [1.29, 1.82) is 0 Å². The van der Waals surface area contributed by atoms with Crippen molar-refractivity contribution in [3.63, 3.8) is 0 Å². The number of ether oxygens (including phenoxy) is 5. The normalized spacial score (nSPS) is 35.9. The van der Waals surface area contributed by atoms with Gasteiger partial charge in [-0.2, -0.15) is 0 Å². The lowest BCUT2D eigenvalue weighted by Crippen LogP contribution is -2.68. The van der Waals surface area contributed by atoms with Crippen LogP contribution < -0.4 is 0 Å². The monoisotopic (exact) mass is 645 g/mol. The molecule has 4 atom stereocenters. The minimum atomic E-state index is -0.486. The Morgan fingerprint density at radius 3 is 1.48 bits per heavy atom. The molecule has 4 unspecified atom stereocenters. The van der Waals surface area contributed by atoms with Crippen molar-refractivity contribution < 1.29 is 28.5 Å². The predicted octanol–water partition coefficient (Wildman–Crippen LogP) is 9.95. The Kier molecular flexibility index (Phi) is 12.8. The zero-order valence-electron chi connectivity index (χ0n) is 30.0. The SMILES string of the molecule is C=C(C)C(=O)OC12CC3CC(OCCCCCCC4(CCCC)CCO4)(CC(OCCCCCCC4(CCCC)CCO4)(C3)C1)C2. The van der Waals surface area contributed by atoms with Crippen LogP contribution >= 0.6 is 0 Å². The topological polar surface area (TPSA) is 63.2 Å². The van der Waals surface area contributed by atoms with Crippen molar-refractivity contribution in [3.8, 4) is 0 Å². The molecule has 4 aliphatic carbocycles. The molecule has 6 aliphatic rings. The molecule has 0 spiro atoms. The van der Waals surface area contributed by atoms with Crippen molar-refractivity contribution in [3.05, 3.63) is 12.2 Å². The Morgan fingerprint density at radius 2 is 1.07 bits per heavy atom. The second kappa shape index (κ2) is 16.2. The van der Waals surface area contributed by atoms with Crippen LogP contribution in [0.2, 0.25) is 0 Å². The smallest absolute Gasteiger partial charge is 0.333 e. The van der Waals surface area contributed by atoms with Gasteiger partial charge in [-0.25, -0.2) is 4.79 Å². The van der Waals surface area contributed by atoms with Gasteiger partial charge in [0, 0.05) is 38.0 Å². The van der Waals surface area contributed by atoms with Crippen LogP contribution in [0.3, 0.4) is 0 Å². The van der Waals surface area contributed by atoms with Crippen LogP contribution in [0.15, 0.2) is 12.2 Å². The highest BCUT2D eigenvalue weighted by atomic mass is 16.6. The molecule has 0 amide bonds. The Balaban J connectivity index is 1.07. The maximum atomic E-state index is 12.8. The highest BCUT2D eigenvalue weighted by Gasteiger charge is 2.66. The summed E-state index contributed by atoms with van der Waals surface area (Å²) < 4.78 is 32.1. The molecule has 6 rings (SSSR count). The van der Waals surface area contributed by atoms with E-state index in [-0.39, 0.29) is 28.4 Å². The molecule has 6 nitrogen and oxygen atoms in total. The standard InChI is InChI=1S/C40H68O6/c1-5-7-17-36(21-25-44-36)19-13-9-11-15-23-42-38-27-34-28-39(30-38,32-40(29-34,31-38)46-35(41)33(3)4)43-24-16-12-10-14-20-37(18-8-6-2)22-26-45-37/h34H,3,5-32H2,1-2,4H3. The van der Waals surface area contributed by atoms with E-state index in [0.717, 1.165) is 77.8 Å². The van der Waals surface area contributed by atoms with E-state index in [2.05, 4.69) is 20.4 Å². The number of hydrogen-bond acceptors (Lipinski definition) is 6. The zero-order valence-corrected chi connectivity index (χ0v) is 30.0. The first-order chi connectivity index (χ1) is 22.2. The Bertz CT molecular complexity index is 926. The van der Waals surface area contributed by atoms with Gasteiger partial charge in [-0.05, 0) is 83.5 Å². The van der Waals surface area contributed by atoms with Gasteiger partial charge in [0.25, 0.3) is 0 Å². The molecule has 2 heterocycles. The first kappa shape index (κ1) is 36.3. The summed E-state index contributed by atoms with van der Waals surface area (Å²) in [5, 5.41) is 0. The van der Waals surface area contributed by atoms with Gasteiger partial charge < -0.3 is 23.7 Å².